The number of aliphatic hydroxyl groups is 2. The van der Waals surface area contributed by atoms with Crippen molar-refractivity contribution in [3.05, 3.63) is 12.2 Å². The summed E-state index contributed by atoms with van der Waals surface area (Å²) in [7, 11) is 0. The lowest BCUT2D eigenvalue weighted by Crippen LogP contribution is -2.36. The highest BCUT2D eigenvalue weighted by atomic mass is 16.3. The van der Waals surface area contributed by atoms with Gasteiger partial charge >= 0.3 is 0 Å². The lowest BCUT2D eigenvalue weighted by Gasteiger charge is -2.36. The smallest absolute Gasteiger partial charge is 0.0628 e. The molecule has 19 heavy (non-hydrogen) atoms. The Balaban J connectivity index is 2.53. The lowest BCUT2D eigenvalue weighted by atomic mass is 9.74. The Morgan fingerprint density at radius 1 is 1.32 bits per heavy atom. The third-order valence-electron chi connectivity index (χ3n) is 5.17. The van der Waals surface area contributed by atoms with Crippen LogP contribution in [0.3, 0.4) is 0 Å². The summed E-state index contributed by atoms with van der Waals surface area (Å²) < 4.78 is 0. The molecule has 6 atom stereocenters. The van der Waals surface area contributed by atoms with Crippen molar-refractivity contribution in [2.75, 3.05) is 0 Å². The second-order valence-corrected chi connectivity index (χ2v) is 6.66. The highest BCUT2D eigenvalue weighted by Gasteiger charge is 2.32. The highest BCUT2D eigenvalue weighted by Crippen LogP contribution is 2.35. The molecule has 2 nitrogen and oxygen atoms in total. The number of aliphatic hydroxyl groups excluding tert-OH is 2. The fraction of sp³-hybridized carbons (Fsp3) is 0.882. The summed E-state index contributed by atoms with van der Waals surface area (Å²) in [6.45, 7) is 12.4. The topological polar surface area (TPSA) is 40.5 Å². The van der Waals surface area contributed by atoms with Crippen LogP contribution in [0.2, 0.25) is 0 Å². The van der Waals surface area contributed by atoms with E-state index in [1.807, 2.05) is 0 Å². The molecule has 0 spiro atoms. The van der Waals surface area contributed by atoms with E-state index in [1.165, 1.54) is 6.42 Å². The van der Waals surface area contributed by atoms with E-state index in [0.29, 0.717) is 11.8 Å². The maximum atomic E-state index is 10.4. The summed E-state index contributed by atoms with van der Waals surface area (Å²) >= 11 is 0. The maximum Gasteiger partial charge on any atom is 0.0628 e. The zero-order valence-corrected chi connectivity index (χ0v) is 13.1. The van der Waals surface area contributed by atoms with E-state index in [-0.39, 0.29) is 24.0 Å². The quantitative estimate of drug-likeness (QED) is 0.720. The Bertz CT molecular complexity index is 287. The van der Waals surface area contributed by atoms with Crippen molar-refractivity contribution in [1.82, 2.24) is 0 Å². The molecule has 1 aliphatic carbocycles. The van der Waals surface area contributed by atoms with Crippen LogP contribution >= 0.6 is 0 Å². The predicted molar refractivity (Wildman–Crippen MR) is 80.9 cm³/mol. The minimum atomic E-state index is -0.336. The molecule has 112 valence electrons. The van der Waals surface area contributed by atoms with Gasteiger partial charge in [0.1, 0.15) is 0 Å². The van der Waals surface area contributed by atoms with Crippen molar-refractivity contribution >= 4 is 0 Å². The molecule has 0 amide bonds. The summed E-state index contributed by atoms with van der Waals surface area (Å²) in [4.78, 5) is 0. The van der Waals surface area contributed by atoms with Crippen molar-refractivity contribution in [3.63, 3.8) is 0 Å². The van der Waals surface area contributed by atoms with Gasteiger partial charge in [-0.1, -0.05) is 46.3 Å². The van der Waals surface area contributed by atoms with E-state index < -0.39 is 0 Å². The van der Waals surface area contributed by atoms with Crippen LogP contribution < -0.4 is 0 Å². The van der Waals surface area contributed by atoms with Gasteiger partial charge < -0.3 is 10.2 Å². The van der Waals surface area contributed by atoms with Crippen LogP contribution in [0.5, 0.6) is 0 Å². The molecule has 0 aromatic carbocycles. The van der Waals surface area contributed by atoms with Crippen molar-refractivity contribution in [3.8, 4) is 0 Å². The van der Waals surface area contributed by atoms with Crippen molar-refractivity contribution in [2.45, 2.75) is 72.0 Å². The summed E-state index contributed by atoms with van der Waals surface area (Å²) in [5.74, 6) is 1.14. The predicted octanol–water partition coefficient (Wildman–Crippen LogP) is 3.77. The monoisotopic (exact) mass is 268 g/mol. The van der Waals surface area contributed by atoms with E-state index >= 15 is 0 Å². The Hall–Kier alpha value is -0.340. The molecule has 0 aromatic heterocycles. The first-order chi connectivity index (χ1) is 8.88. The molecule has 0 aromatic rings. The van der Waals surface area contributed by atoms with Gasteiger partial charge in [0, 0.05) is 5.92 Å². The Morgan fingerprint density at radius 3 is 2.53 bits per heavy atom. The summed E-state index contributed by atoms with van der Waals surface area (Å²) in [6, 6.07) is 0. The van der Waals surface area contributed by atoms with Gasteiger partial charge in [-0.2, -0.15) is 0 Å². The summed E-state index contributed by atoms with van der Waals surface area (Å²) in [5, 5.41) is 20.7. The minimum Gasteiger partial charge on any atom is -0.393 e. The average molecular weight is 268 g/mol. The molecule has 1 saturated carbocycles. The Morgan fingerprint density at radius 2 is 1.95 bits per heavy atom. The average Bonchev–Trinajstić information content (AvgIpc) is 2.41. The van der Waals surface area contributed by atoms with Crippen LogP contribution in [-0.4, -0.2) is 22.4 Å². The normalized spacial score (nSPS) is 32.6. The largest absolute Gasteiger partial charge is 0.393 e. The van der Waals surface area contributed by atoms with E-state index in [2.05, 4.69) is 34.3 Å². The molecule has 2 heteroatoms. The first-order valence-corrected chi connectivity index (χ1v) is 7.92. The Labute approximate surface area is 118 Å². The van der Waals surface area contributed by atoms with E-state index in [0.717, 1.165) is 31.3 Å². The molecule has 0 radical (unpaired) electrons. The van der Waals surface area contributed by atoms with Crippen LogP contribution in [0.1, 0.15) is 59.8 Å². The summed E-state index contributed by atoms with van der Waals surface area (Å²) in [6.07, 6.45) is 4.78. The van der Waals surface area contributed by atoms with Gasteiger partial charge in [-0.15, -0.1) is 0 Å². The number of hydrogen-bond donors (Lipinski definition) is 2. The fourth-order valence-corrected chi connectivity index (χ4v) is 3.44. The van der Waals surface area contributed by atoms with Gasteiger partial charge in [0.15, 0.2) is 0 Å². The molecular formula is C17H32O2. The van der Waals surface area contributed by atoms with Gasteiger partial charge in [0.2, 0.25) is 0 Å². The molecule has 0 aliphatic heterocycles. The molecule has 0 bridgehead atoms. The third kappa shape index (κ3) is 4.32. The molecule has 1 rings (SSSR count). The minimum absolute atomic E-state index is 0.151. The summed E-state index contributed by atoms with van der Waals surface area (Å²) in [5.41, 5.74) is 1.12. The highest BCUT2D eigenvalue weighted by molar-refractivity contribution is 5.01. The zero-order valence-electron chi connectivity index (χ0n) is 13.1. The first kappa shape index (κ1) is 16.7. The van der Waals surface area contributed by atoms with Gasteiger partial charge in [0.05, 0.1) is 12.2 Å². The molecule has 0 heterocycles. The van der Waals surface area contributed by atoms with Crippen LogP contribution in [0.25, 0.3) is 0 Å². The van der Waals surface area contributed by atoms with Gasteiger partial charge in [-0.25, -0.2) is 0 Å². The third-order valence-corrected chi connectivity index (χ3v) is 5.17. The molecule has 6 unspecified atom stereocenters. The van der Waals surface area contributed by atoms with Crippen LogP contribution in [-0.2, 0) is 0 Å². The number of hydrogen-bond acceptors (Lipinski definition) is 2. The molecule has 0 saturated heterocycles. The number of rotatable bonds is 6. The van der Waals surface area contributed by atoms with Crippen molar-refractivity contribution in [1.29, 1.82) is 0 Å². The van der Waals surface area contributed by atoms with Gasteiger partial charge in [-0.3, -0.25) is 0 Å². The first-order valence-electron chi connectivity index (χ1n) is 7.92. The fourth-order valence-electron chi connectivity index (χ4n) is 3.44. The molecule has 2 N–H and O–H groups in total. The SMILES string of the molecule is C=C(CC)C(C)C(O)C(C)CC1CCCC(C)C1O. The Kier molecular flexibility index (Phi) is 6.55. The van der Waals surface area contributed by atoms with E-state index in [1.54, 1.807) is 0 Å². The maximum absolute atomic E-state index is 10.4. The standard InChI is InChI=1S/C17H32O2/c1-6-11(2)14(5)16(18)13(4)10-15-9-7-8-12(3)17(15)19/h12-19H,2,6-10H2,1,3-5H3. The second-order valence-electron chi connectivity index (χ2n) is 6.66. The van der Waals surface area contributed by atoms with Crippen molar-refractivity contribution in [2.24, 2.45) is 23.7 Å². The van der Waals surface area contributed by atoms with E-state index in [4.69, 9.17) is 0 Å². The van der Waals surface area contributed by atoms with Gasteiger partial charge in [0.25, 0.3) is 0 Å². The molecule has 1 fully saturated rings. The van der Waals surface area contributed by atoms with Crippen LogP contribution in [0.4, 0.5) is 0 Å². The molecular weight excluding hydrogens is 236 g/mol. The van der Waals surface area contributed by atoms with Crippen molar-refractivity contribution < 1.29 is 10.2 Å². The van der Waals surface area contributed by atoms with Crippen LogP contribution in [0.15, 0.2) is 12.2 Å². The lowest BCUT2D eigenvalue weighted by molar-refractivity contribution is -0.00457. The van der Waals surface area contributed by atoms with Gasteiger partial charge in [-0.05, 0) is 43.4 Å². The van der Waals surface area contributed by atoms with Crippen LogP contribution in [0, 0.1) is 23.7 Å². The van der Waals surface area contributed by atoms with E-state index in [9.17, 15) is 10.2 Å². The zero-order chi connectivity index (χ0) is 14.6. The molecule has 1 aliphatic rings. The second kappa shape index (κ2) is 7.44.